The standard InChI is InChI=1S/C14H23N3/c1-10(15)9-13-5-4-8-16-14(13)17(3)11(2)12-6-7-12/h4-5,8,10-12H,6-7,9,15H2,1-3H3. The Kier molecular flexibility index (Phi) is 3.67. The molecule has 1 aliphatic rings. The molecule has 0 amide bonds. The second-order valence-corrected chi connectivity index (χ2v) is 5.36. The van der Waals surface area contributed by atoms with E-state index < -0.39 is 0 Å². The van der Waals surface area contributed by atoms with Gasteiger partial charge < -0.3 is 10.6 Å². The van der Waals surface area contributed by atoms with Crippen molar-refractivity contribution in [2.24, 2.45) is 11.7 Å². The fraction of sp³-hybridized carbons (Fsp3) is 0.643. The molecule has 0 radical (unpaired) electrons. The maximum absolute atomic E-state index is 5.90. The molecule has 3 nitrogen and oxygen atoms in total. The molecule has 2 N–H and O–H groups in total. The summed E-state index contributed by atoms with van der Waals surface area (Å²) in [6.45, 7) is 4.34. The molecule has 0 saturated heterocycles. The summed E-state index contributed by atoms with van der Waals surface area (Å²) in [5, 5.41) is 0. The van der Waals surface area contributed by atoms with Gasteiger partial charge in [0.15, 0.2) is 0 Å². The summed E-state index contributed by atoms with van der Waals surface area (Å²) in [7, 11) is 2.15. The van der Waals surface area contributed by atoms with Crippen LogP contribution in [0.25, 0.3) is 0 Å². The van der Waals surface area contributed by atoms with E-state index >= 15 is 0 Å². The third-order valence-corrected chi connectivity index (χ3v) is 3.66. The zero-order chi connectivity index (χ0) is 12.4. The highest BCUT2D eigenvalue weighted by molar-refractivity contribution is 5.47. The van der Waals surface area contributed by atoms with Crippen molar-refractivity contribution in [3.8, 4) is 0 Å². The van der Waals surface area contributed by atoms with Gasteiger partial charge >= 0.3 is 0 Å². The minimum absolute atomic E-state index is 0.183. The minimum Gasteiger partial charge on any atom is -0.356 e. The fourth-order valence-electron chi connectivity index (χ4n) is 2.34. The van der Waals surface area contributed by atoms with Crippen molar-refractivity contribution in [3.63, 3.8) is 0 Å². The predicted octanol–water partition coefficient (Wildman–Crippen LogP) is 2.21. The van der Waals surface area contributed by atoms with Crippen molar-refractivity contribution in [2.45, 2.75) is 45.2 Å². The number of pyridine rings is 1. The summed E-state index contributed by atoms with van der Waals surface area (Å²) in [5.74, 6) is 1.95. The van der Waals surface area contributed by atoms with Crippen LogP contribution in [0, 0.1) is 5.92 Å². The maximum atomic E-state index is 5.90. The van der Waals surface area contributed by atoms with Gasteiger partial charge in [0.25, 0.3) is 0 Å². The van der Waals surface area contributed by atoms with Crippen LogP contribution in [-0.4, -0.2) is 24.1 Å². The van der Waals surface area contributed by atoms with Crippen molar-refractivity contribution in [1.82, 2.24) is 4.98 Å². The van der Waals surface area contributed by atoms with E-state index in [1.807, 2.05) is 19.2 Å². The monoisotopic (exact) mass is 233 g/mol. The van der Waals surface area contributed by atoms with Gasteiger partial charge in [-0.2, -0.15) is 0 Å². The van der Waals surface area contributed by atoms with Crippen molar-refractivity contribution >= 4 is 5.82 Å². The summed E-state index contributed by atoms with van der Waals surface area (Å²) in [6.07, 6.45) is 5.49. The SMILES string of the molecule is CC(N)Cc1cccnc1N(C)C(C)C1CC1. The molecule has 1 fully saturated rings. The number of aromatic nitrogens is 1. The van der Waals surface area contributed by atoms with Crippen molar-refractivity contribution < 1.29 is 0 Å². The molecular weight excluding hydrogens is 210 g/mol. The average molecular weight is 233 g/mol. The molecule has 2 unspecified atom stereocenters. The number of nitrogens with zero attached hydrogens (tertiary/aromatic N) is 2. The van der Waals surface area contributed by atoms with Crippen LogP contribution in [0.1, 0.15) is 32.3 Å². The molecule has 2 rings (SSSR count). The molecule has 0 bridgehead atoms. The molecule has 94 valence electrons. The maximum Gasteiger partial charge on any atom is 0.131 e. The molecule has 3 heteroatoms. The zero-order valence-electron chi connectivity index (χ0n) is 11.1. The molecule has 1 heterocycles. The van der Waals surface area contributed by atoms with E-state index in [0.29, 0.717) is 6.04 Å². The smallest absolute Gasteiger partial charge is 0.131 e. The van der Waals surface area contributed by atoms with Crippen LogP contribution in [0.3, 0.4) is 0 Å². The van der Waals surface area contributed by atoms with Crippen LogP contribution >= 0.6 is 0 Å². The van der Waals surface area contributed by atoms with Crippen LogP contribution in [0.4, 0.5) is 5.82 Å². The predicted molar refractivity (Wildman–Crippen MR) is 72.2 cm³/mol. The molecule has 0 aliphatic heterocycles. The highest BCUT2D eigenvalue weighted by Gasteiger charge is 2.31. The van der Waals surface area contributed by atoms with Gasteiger partial charge in [0.1, 0.15) is 5.82 Å². The van der Waals surface area contributed by atoms with Gasteiger partial charge in [0.2, 0.25) is 0 Å². The first-order chi connectivity index (χ1) is 8.09. The zero-order valence-corrected chi connectivity index (χ0v) is 11.1. The Balaban J connectivity index is 2.17. The molecule has 1 saturated carbocycles. The minimum atomic E-state index is 0.183. The molecule has 1 aromatic heterocycles. The summed E-state index contributed by atoms with van der Waals surface area (Å²) >= 11 is 0. The van der Waals surface area contributed by atoms with E-state index in [1.54, 1.807) is 0 Å². The van der Waals surface area contributed by atoms with Gasteiger partial charge in [-0.1, -0.05) is 6.07 Å². The molecular formula is C14H23N3. The largest absolute Gasteiger partial charge is 0.356 e. The Labute approximate surface area is 104 Å². The number of hydrogen-bond acceptors (Lipinski definition) is 3. The van der Waals surface area contributed by atoms with Gasteiger partial charge in [-0.3, -0.25) is 0 Å². The van der Waals surface area contributed by atoms with Gasteiger partial charge in [-0.15, -0.1) is 0 Å². The lowest BCUT2D eigenvalue weighted by Gasteiger charge is -2.28. The quantitative estimate of drug-likeness (QED) is 0.848. The Morgan fingerprint density at radius 1 is 1.47 bits per heavy atom. The van der Waals surface area contributed by atoms with Crippen LogP contribution in [0.15, 0.2) is 18.3 Å². The molecule has 17 heavy (non-hydrogen) atoms. The molecule has 2 atom stereocenters. The number of nitrogens with two attached hydrogens (primary N) is 1. The van der Waals surface area contributed by atoms with Gasteiger partial charge in [0.05, 0.1) is 0 Å². The van der Waals surface area contributed by atoms with Crippen LogP contribution in [-0.2, 0) is 6.42 Å². The third-order valence-electron chi connectivity index (χ3n) is 3.66. The van der Waals surface area contributed by atoms with E-state index in [2.05, 4.69) is 29.9 Å². The lowest BCUT2D eigenvalue weighted by Crippen LogP contribution is -2.32. The second-order valence-electron chi connectivity index (χ2n) is 5.36. The Morgan fingerprint density at radius 2 is 2.18 bits per heavy atom. The summed E-state index contributed by atoms with van der Waals surface area (Å²) in [6, 6.07) is 4.90. The van der Waals surface area contributed by atoms with Gasteiger partial charge in [-0.05, 0) is 50.7 Å². The van der Waals surface area contributed by atoms with Crippen molar-refractivity contribution in [3.05, 3.63) is 23.9 Å². The lowest BCUT2D eigenvalue weighted by atomic mass is 10.1. The molecule has 0 spiro atoms. The van der Waals surface area contributed by atoms with Crippen molar-refractivity contribution in [2.75, 3.05) is 11.9 Å². The van der Waals surface area contributed by atoms with Gasteiger partial charge in [-0.25, -0.2) is 4.98 Å². The third kappa shape index (κ3) is 2.97. The van der Waals surface area contributed by atoms with E-state index in [0.717, 1.165) is 18.2 Å². The Morgan fingerprint density at radius 3 is 2.76 bits per heavy atom. The van der Waals surface area contributed by atoms with E-state index in [4.69, 9.17) is 5.73 Å². The first kappa shape index (κ1) is 12.4. The Bertz CT molecular complexity index is 371. The summed E-state index contributed by atoms with van der Waals surface area (Å²) < 4.78 is 0. The van der Waals surface area contributed by atoms with Crippen LogP contribution < -0.4 is 10.6 Å². The molecule has 1 aromatic rings. The first-order valence-corrected chi connectivity index (χ1v) is 6.52. The lowest BCUT2D eigenvalue weighted by molar-refractivity contribution is 0.599. The molecule has 1 aliphatic carbocycles. The highest BCUT2D eigenvalue weighted by Crippen LogP contribution is 2.36. The van der Waals surface area contributed by atoms with E-state index in [-0.39, 0.29) is 6.04 Å². The summed E-state index contributed by atoms with van der Waals surface area (Å²) in [5.41, 5.74) is 7.16. The normalized spacial score (nSPS) is 18.8. The topological polar surface area (TPSA) is 42.1 Å². The van der Waals surface area contributed by atoms with Gasteiger partial charge in [0, 0.05) is 25.3 Å². The highest BCUT2D eigenvalue weighted by atomic mass is 15.2. The molecule has 0 aromatic carbocycles. The van der Waals surface area contributed by atoms with Crippen LogP contribution in [0.2, 0.25) is 0 Å². The van der Waals surface area contributed by atoms with E-state index in [1.165, 1.54) is 18.4 Å². The summed E-state index contributed by atoms with van der Waals surface area (Å²) in [4.78, 5) is 6.85. The average Bonchev–Trinajstić information content (AvgIpc) is 3.11. The van der Waals surface area contributed by atoms with E-state index in [9.17, 15) is 0 Å². The van der Waals surface area contributed by atoms with Crippen molar-refractivity contribution in [1.29, 1.82) is 0 Å². The number of anilines is 1. The fourth-order valence-corrected chi connectivity index (χ4v) is 2.34. The number of rotatable bonds is 5. The second kappa shape index (κ2) is 5.05. The van der Waals surface area contributed by atoms with Crippen LogP contribution in [0.5, 0.6) is 0 Å². The number of hydrogen-bond donors (Lipinski definition) is 1. The first-order valence-electron chi connectivity index (χ1n) is 6.52. The Hall–Kier alpha value is -1.09.